The molecule has 0 radical (unpaired) electrons. The second kappa shape index (κ2) is 3.35. The second-order valence-corrected chi connectivity index (χ2v) is 2.62. The third-order valence-corrected chi connectivity index (χ3v) is 1.60. The van der Waals surface area contributed by atoms with Crippen LogP contribution in [-0.4, -0.2) is 5.21 Å². The largest absolute Gasteiger partial charge is 0.416 e. The van der Waals surface area contributed by atoms with Crippen molar-refractivity contribution in [2.24, 2.45) is 5.84 Å². The average molecular weight is 207 g/mol. The summed E-state index contributed by atoms with van der Waals surface area (Å²) in [5, 5.41) is 8.80. The number of anilines is 2. The highest BCUT2D eigenvalue weighted by atomic mass is 19.4. The Labute approximate surface area is 77.5 Å². The van der Waals surface area contributed by atoms with Gasteiger partial charge in [0.05, 0.1) is 11.3 Å². The van der Waals surface area contributed by atoms with Crippen LogP contribution in [0.1, 0.15) is 5.56 Å². The zero-order chi connectivity index (χ0) is 10.9. The second-order valence-electron chi connectivity index (χ2n) is 2.62. The number of hydrazine groups is 1. The van der Waals surface area contributed by atoms with Crippen molar-refractivity contribution in [1.82, 2.24) is 0 Å². The van der Waals surface area contributed by atoms with Crippen molar-refractivity contribution >= 4 is 11.4 Å². The highest BCUT2D eigenvalue weighted by molar-refractivity contribution is 5.66. The van der Waals surface area contributed by atoms with E-state index in [0.29, 0.717) is 6.07 Å². The van der Waals surface area contributed by atoms with Crippen LogP contribution >= 0.6 is 0 Å². The van der Waals surface area contributed by atoms with Crippen LogP contribution in [0.2, 0.25) is 0 Å². The Hall–Kier alpha value is -1.47. The first-order valence-electron chi connectivity index (χ1n) is 3.53. The molecule has 0 unspecified atom stereocenters. The van der Waals surface area contributed by atoms with Crippen LogP contribution in [0.25, 0.3) is 0 Å². The van der Waals surface area contributed by atoms with Gasteiger partial charge >= 0.3 is 6.18 Å². The molecule has 0 amide bonds. The summed E-state index contributed by atoms with van der Waals surface area (Å²) in [5.41, 5.74) is 4.03. The van der Waals surface area contributed by atoms with E-state index in [1.165, 1.54) is 0 Å². The third-order valence-electron chi connectivity index (χ3n) is 1.60. The van der Waals surface area contributed by atoms with Crippen molar-refractivity contribution in [3.05, 3.63) is 23.8 Å². The lowest BCUT2D eigenvalue weighted by Crippen LogP contribution is -2.27. The lowest BCUT2D eigenvalue weighted by atomic mass is 10.1. The Balaban J connectivity index is 3.20. The summed E-state index contributed by atoms with van der Waals surface area (Å²) < 4.78 is 36.5. The number of hydrogen-bond donors (Lipinski definition) is 3. The maximum atomic E-state index is 12.2. The lowest BCUT2D eigenvalue weighted by Gasteiger charge is -2.14. The molecule has 0 saturated heterocycles. The van der Waals surface area contributed by atoms with Crippen molar-refractivity contribution in [3.63, 3.8) is 0 Å². The normalized spacial score (nSPS) is 11.5. The molecule has 1 aromatic rings. The van der Waals surface area contributed by atoms with E-state index in [0.717, 1.165) is 12.1 Å². The van der Waals surface area contributed by atoms with E-state index in [1.807, 2.05) is 0 Å². The zero-order valence-corrected chi connectivity index (χ0v) is 6.92. The van der Waals surface area contributed by atoms with Crippen molar-refractivity contribution in [2.75, 3.05) is 10.9 Å². The predicted molar refractivity (Wildman–Crippen MR) is 44.3 cm³/mol. The van der Waals surface area contributed by atoms with Crippen LogP contribution in [0.5, 0.6) is 0 Å². The van der Waals surface area contributed by atoms with Crippen LogP contribution in [0, 0.1) is 0 Å². The minimum Gasteiger partial charge on any atom is -0.397 e. The molecule has 5 N–H and O–H groups in total. The van der Waals surface area contributed by atoms with Crippen molar-refractivity contribution in [3.8, 4) is 0 Å². The molecular formula is C7H8F3N3O. The molecule has 78 valence electrons. The minimum absolute atomic E-state index is 0.0389. The summed E-state index contributed by atoms with van der Waals surface area (Å²) in [6.45, 7) is 0. The van der Waals surface area contributed by atoms with Gasteiger partial charge < -0.3 is 5.73 Å². The smallest absolute Gasteiger partial charge is 0.397 e. The molecule has 4 nitrogen and oxygen atoms in total. The molecular weight excluding hydrogens is 199 g/mol. The number of halogens is 3. The first-order valence-corrected chi connectivity index (χ1v) is 3.53. The Kier molecular flexibility index (Phi) is 2.54. The molecule has 0 aliphatic carbocycles. The Morgan fingerprint density at radius 1 is 1.29 bits per heavy atom. The van der Waals surface area contributed by atoms with Gasteiger partial charge in [0, 0.05) is 0 Å². The fourth-order valence-corrected chi connectivity index (χ4v) is 0.918. The summed E-state index contributed by atoms with van der Waals surface area (Å²) in [6.07, 6.45) is -4.49. The Bertz CT molecular complexity index is 337. The SMILES string of the molecule is Nc1ccc(C(F)(F)F)cc1N(N)O. The summed E-state index contributed by atoms with van der Waals surface area (Å²) >= 11 is 0. The van der Waals surface area contributed by atoms with Gasteiger partial charge in [0.15, 0.2) is 0 Å². The monoisotopic (exact) mass is 207 g/mol. The van der Waals surface area contributed by atoms with E-state index in [4.69, 9.17) is 16.8 Å². The van der Waals surface area contributed by atoms with Crippen molar-refractivity contribution in [1.29, 1.82) is 0 Å². The van der Waals surface area contributed by atoms with Crippen molar-refractivity contribution in [2.45, 2.75) is 6.18 Å². The Morgan fingerprint density at radius 2 is 1.86 bits per heavy atom. The summed E-state index contributed by atoms with van der Waals surface area (Å²) in [7, 11) is 0. The van der Waals surface area contributed by atoms with Crippen LogP contribution in [-0.2, 0) is 6.18 Å². The van der Waals surface area contributed by atoms with E-state index in [9.17, 15) is 13.2 Å². The van der Waals surface area contributed by atoms with Gasteiger partial charge in [-0.05, 0) is 18.2 Å². The summed E-state index contributed by atoms with van der Waals surface area (Å²) in [6, 6.07) is 2.49. The van der Waals surface area contributed by atoms with Crippen LogP contribution in [0.3, 0.4) is 0 Å². The van der Waals surface area contributed by atoms with Crippen LogP contribution < -0.4 is 16.7 Å². The molecule has 1 aromatic carbocycles. The van der Waals surface area contributed by atoms with Gasteiger partial charge in [-0.25, -0.2) is 5.84 Å². The van der Waals surface area contributed by atoms with Gasteiger partial charge in [0.2, 0.25) is 0 Å². The Morgan fingerprint density at radius 3 is 2.29 bits per heavy atom. The lowest BCUT2D eigenvalue weighted by molar-refractivity contribution is -0.137. The first kappa shape index (κ1) is 10.6. The van der Waals surface area contributed by atoms with E-state index in [-0.39, 0.29) is 16.5 Å². The molecule has 0 aliphatic heterocycles. The molecule has 7 heteroatoms. The fourth-order valence-electron chi connectivity index (χ4n) is 0.918. The van der Waals surface area contributed by atoms with Gasteiger partial charge in [-0.15, -0.1) is 0 Å². The molecule has 0 bridgehead atoms. The molecule has 1 rings (SSSR count). The van der Waals surface area contributed by atoms with E-state index in [2.05, 4.69) is 0 Å². The number of hydrogen-bond acceptors (Lipinski definition) is 4. The van der Waals surface area contributed by atoms with Gasteiger partial charge in [0.1, 0.15) is 5.69 Å². The van der Waals surface area contributed by atoms with E-state index >= 15 is 0 Å². The van der Waals surface area contributed by atoms with E-state index < -0.39 is 11.7 Å². The standard InChI is InChI=1S/C7H8F3N3O/c8-7(9,10)4-1-2-5(11)6(3-4)13(12)14/h1-3,14H,11-12H2. The summed E-state index contributed by atoms with van der Waals surface area (Å²) in [5.74, 6) is 4.87. The number of nitrogen functional groups attached to an aromatic ring is 1. The maximum absolute atomic E-state index is 12.2. The molecule has 0 heterocycles. The van der Waals surface area contributed by atoms with Crippen LogP contribution in [0.15, 0.2) is 18.2 Å². The van der Waals surface area contributed by atoms with Gasteiger partial charge in [-0.1, -0.05) is 0 Å². The molecule has 0 spiro atoms. The molecule has 0 saturated carbocycles. The van der Waals surface area contributed by atoms with Crippen molar-refractivity contribution < 1.29 is 18.4 Å². The number of rotatable bonds is 1. The minimum atomic E-state index is -4.49. The molecule has 0 aliphatic rings. The third kappa shape index (κ3) is 2.06. The predicted octanol–water partition coefficient (Wildman–Crippen LogP) is 1.36. The van der Waals surface area contributed by atoms with Gasteiger partial charge in [-0.2, -0.15) is 18.3 Å². The fraction of sp³-hybridized carbons (Fsp3) is 0.143. The van der Waals surface area contributed by atoms with E-state index in [1.54, 1.807) is 0 Å². The van der Waals surface area contributed by atoms with Gasteiger partial charge in [0.25, 0.3) is 0 Å². The first-order chi connectivity index (χ1) is 6.32. The summed E-state index contributed by atoms with van der Waals surface area (Å²) in [4.78, 5) is 0. The number of benzene rings is 1. The highest BCUT2D eigenvalue weighted by Crippen LogP contribution is 2.33. The number of alkyl halides is 3. The maximum Gasteiger partial charge on any atom is 0.416 e. The van der Waals surface area contributed by atoms with Gasteiger partial charge in [-0.3, -0.25) is 5.21 Å². The molecule has 0 aromatic heterocycles. The highest BCUT2D eigenvalue weighted by Gasteiger charge is 2.31. The number of nitrogens with two attached hydrogens (primary N) is 2. The quantitative estimate of drug-likeness (QED) is 0.369. The molecule has 0 atom stereocenters. The average Bonchev–Trinajstić information content (AvgIpc) is 2.02. The zero-order valence-electron chi connectivity index (χ0n) is 6.92. The van der Waals surface area contributed by atoms with Crippen LogP contribution in [0.4, 0.5) is 24.5 Å². The topological polar surface area (TPSA) is 75.5 Å². The number of nitrogens with zero attached hydrogens (tertiary/aromatic N) is 1. The molecule has 14 heavy (non-hydrogen) atoms. The molecule has 0 fully saturated rings.